The smallest absolute Gasteiger partial charge is 0.407 e. The Morgan fingerprint density at radius 1 is 1.05 bits per heavy atom. The molecule has 1 aliphatic carbocycles. The van der Waals surface area contributed by atoms with Crippen molar-refractivity contribution in [1.29, 1.82) is 0 Å². The highest BCUT2D eigenvalue weighted by molar-refractivity contribution is 6.24. The van der Waals surface area contributed by atoms with Gasteiger partial charge in [0.1, 0.15) is 5.69 Å². The quantitative estimate of drug-likeness (QED) is 0.566. The zero-order valence-corrected chi connectivity index (χ0v) is 11.6. The van der Waals surface area contributed by atoms with Crippen LogP contribution in [0.1, 0.15) is 29.4 Å². The second-order valence-corrected chi connectivity index (χ2v) is 5.24. The summed E-state index contributed by atoms with van der Waals surface area (Å²) < 4.78 is 6.84. The van der Waals surface area contributed by atoms with Crippen LogP contribution < -0.4 is 5.76 Å². The number of fused-ring (bicyclic) bond motifs is 2. The summed E-state index contributed by atoms with van der Waals surface area (Å²) >= 11 is 0. The van der Waals surface area contributed by atoms with Gasteiger partial charge >= 0.3 is 5.76 Å². The molecule has 0 aliphatic heterocycles. The van der Waals surface area contributed by atoms with Crippen molar-refractivity contribution in [3.63, 3.8) is 0 Å². The topological polar surface area (TPSA) is 52.2 Å². The SMILES string of the molecule is CCCn1c2c(oc1=O)-c1cccc3cccc(c13)C2=O. The first-order chi connectivity index (χ1) is 10.2. The lowest BCUT2D eigenvalue weighted by Gasteiger charge is -2.16. The van der Waals surface area contributed by atoms with Gasteiger partial charge in [0.2, 0.25) is 5.78 Å². The molecule has 0 amide bonds. The summed E-state index contributed by atoms with van der Waals surface area (Å²) in [5.41, 5.74) is 1.85. The fraction of sp³-hybridized carbons (Fsp3) is 0.176. The van der Waals surface area contributed by atoms with Gasteiger partial charge in [0.15, 0.2) is 5.76 Å². The average Bonchev–Trinajstić information content (AvgIpc) is 2.82. The van der Waals surface area contributed by atoms with E-state index >= 15 is 0 Å². The Hall–Kier alpha value is -2.62. The normalized spacial score (nSPS) is 12.7. The Bertz CT molecular complexity index is 941. The van der Waals surface area contributed by atoms with Gasteiger partial charge in [-0.05, 0) is 11.8 Å². The summed E-state index contributed by atoms with van der Waals surface area (Å²) in [6, 6.07) is 11.4. The molecular formula is C17H13NO3. The summed E-state index contributed by atoms with van der Waals surface area (Å²) in [5.74, 6) is -0.184. The van der Waals surface area contributed by atoms with Crippen LogP contribution in [0.15, 0.2) is 45.6 Å². The Kier molecular flexibility index (Phi) is 2.42. The van der Waals surface area contributed by atoms with Crippen LogP contribution in [0.5, 0.6) is 0 Å². The van der Waals surface area contributed by atoms with E-state index < -0.39 is 5.76 Å². The Balaban J connectivity index is 2.17. The molecule has 4 heteroatoms. The number of hydrogen-bond donors (Lipinski definition) is 0. The van der Waals surface area contributed by atoms with Crippen LogP contribution >= 0.6 is 0 Å². The minimum atomic E-state index is -0.458. The van der Waals surface area contributed by atoms with Crippen molar-refractivity contribution in [2.24, 2.45) is 0 Å². The van der Waals surface area contributed by atoms with E-state index in [1.54, 1.807) is 0 Å². The summed E-state index contributed by atoms with van der Waals surface area (Å²) in [6.07, 6.45) is 0.769. The summed E-state index contributed by atoms with van der Waals surface area (Å²) in [4.78, 5) is 24.8. The number of benzene rings is 2. The van der Waals surface area contributed by atoms with E-state index in [0.717, 1.165) is 22.8 Å². The molecule has 21 heavy (non-hydrogen) atoms. The van der Waals surface area contributed by atoms with Gasteiger partial charge in [0.25, 0.3) is 0 Å². The molecule has 4 rings (SSSR count). The number of rotatable bonds is 2. The van der Waals surface area contributed by atoms with Gasteiger partial charge in [-0.3, -0.25) is 9.36 Å². The molecule has 4 nitrogen and oxygen atoms in total. The van der Waals surface area contributed by atoms with E-state index in [0.29, 0.717) is 23.6 Å². The highest BCUT2D eigenvalue weighted by Gasteiger charge is 2.31. The molecule has 1 aliphatic rings. The summed E-state index contributed by atoms with van der Waals surface area (Å²) in [5, 5.41) is 1.85. The van der Waals surface area contributed by atoms with E-state index in [9.17, 15) is 9.59 Å². The molecule has 0 bridgehead atoms. The van der Waals surface area contributed by atoms with Crippen molar-refractivity contribution in [1.82, 2.24) is 4.57 Å². The monoisotopic (exact) mass is 279 g/mol. The van der Waals surface area contributed by atoms with Crippen LogP contribution in [0.2, 0.25) is 0 Å². The van der Waals surface area contributed by atoms with Crippen molar-refractivity contribution >= 4 is 16.6 Å². The molecule has 0 unspecified atom stereocenters. The third-order valence-electron chi connectivity index (χ3n) is 3.95. The van der Waals surface area contributed by atoms with Crippen LogP contribution in [0.25, 0.3) is 22.1 Å². The van der Waals surface area contributed by atoms with Crippen molar-refractivity contribution in [3.05, 3.63) is 58.2 Å². The fourth-order valence-electron chi connectivity index (χ4n) is 3.09. The molecule has 0 saturated heterocycles. The van der Waals surface area contributed by atoms with Crippen LogP contribution in [0, 0.1) is 0 Å². The van der Waals surface area contributed by atoms with Crippen LogP contribution in [-0.2, 0) is 6.54 Å². The zero-order valence-electron chi connectivity index (χ0n) is 11.6. The maximum atomic E-state index is 12.8. The number of hydrogen-bond acceptors (Lipinski definition) is 3. The van der Waals surface area contributed by atoms with E-state index in [4.69, 9.17) is 4.42 Å². The highest BCUT2D eigenvalue weighted by Crippen LogP contribution is 2.38. The first-order valence-corrected chi connectivity index (χ1v) is 7.03. The predicted octanol–water partition coefficient (Wildman–Crippen LogP) is 3.22. The molecular weight excluding hydrogens is 266 g/mol. The lowest BCUT2D eigenvalue weighted by atomic mass is 9.88. The van der Waals surface area contributed by atoms with Gasteiger partial charge in [-0.25, -0.2) is 4.79 Å². The Labute approximate surface area is 120 Å². The minimum absolute atomic E-state index is 0.131. The van der Waals surface area contributed by atoms with Crippen LogP contribution in [0.4, 0.5) is 0 Å². The summed E-state index contributed by atoms with van der Waals surface area (Å²) in [6.45, 7) is 2.45. The molecule has 0 atom stereocenters. The molecule has 0 N–H and O–H groups in total. The first-order valence-electron chi connectivity index (χ1n) is 7.03. The Morgan fingerprint density at radius 3 is 2.48 bits per heavy atom. The largest absolute Gasteiger partial charge is 0.420 e. The maximum absolute atomic E-state index is 12.8. The number of nitrogens with zero attached hydrogens (tertiary/aromatic N) is 1. The number of ketones is 1. The highest BCUT2D eigenvalue weighted by atomic mass is 16.4. The lowest BCUT2D eigenvalue weighted by molar-refractivity contribution is 0.103. The number of carbonyl (C=O) groups excluding carboxylic acids is 1. The molecule has 0 saturated carbocycles. The van der Waals surface area contributed by atoms with E-state index in [2.05, 4.69) is 0 Å². The van der Waals surface area contributed by atoms with Crippen LogP contribution in [-0.4, -0.2) is 10.4 Å². The second kappa shape index (κ2) is 4.19. The maximum Gasteiger partial charge on any atom is 0.420 e. The first kappa shape index (κ1) is 12.1. The van der Waals surface area contributed by atoms with Crippen molar-refractivity contribution in [3.8, 4) is 11.3 Å². The van der Waals surface area contributed by atoms with E-state index in [-0.39, 0.29) is 5.78 Å². The summed E-state index contributed by atoms with van der Waals surface area (Å²) in [7, 11) is 0. The molecule has 2 aromatic carbocycles. The molecule has 1 aromatic heterocycles. The average molecular weight is 279 g/mol. The molecule has 0 radical (unpaired) electrons. The zero-order chi connectivity index (χ0) is 14.6. The Morgan fingerprint density at radius 2 is 1.76 bits per heavy atom. The van der Waals surface area contributed by atoms with Crippen molar-refractivity contribution in [2.75, 3.05) is 0 Å². The van der Waals surface area contributed by atoms with Gasteiger partial charge in [-0.15, -0.1) is 0 Å². The van der Waals surface area contributed by atoms with E-state index in [1.165, 1.54) is 4.57 Å². The van der Waals surface area contributed by atoms with Crippen molar-refractivity contribution < 1.29 is 9.21 Å². The number of aromatic nitrogens is 1. The van der Waals surface area contributed by atoms with E-state index in [1.807, 2.05) is 43.3 Å². The molecule has 104 valence electrons. The molecule has 3 aromatic rings. The van der Waals surface area contributed by atoms with Gasteiger partial charge in [-0.2, -0.15) is 0 Å². The third kappa shape index (κ3) is 1.50. The molecule has 1 heterocycles. The van der Waals surface area contributed by atoms with Crippen molar-refractivity contribution in [2.45, 2.75) is 19.9 Å². The molecule has 0 spiro atoms. The third-order valence-corrected chi connectivity index (χ3v) is 3.95. The number of carbonyl (C=O) groups is 1. The standard InChI is InChI=1S/C17H13NO3/c1-2-9-18-14-15(19)11-7-3-5-10-6-4-8-12(13(10)11)16(14)21-17(18)20/h3-8H,2,9H2,1H3. The lowest BCUT2D eigenvalue weighted by Crippen LogP contribution is -2.21. The van der Waals surface area contributed by atoms with Gasteiger partial charge in [-0.1, -0.05) is 43.3 Å². The minimum Gasteiger partial charge on any atom is -0.407 e. The van der Waals surface area contributed by atoms with Gasteiger partial charge in [0.05, 0.1) is 0 Å². The predicted molar refractivity (Wildman–Crippen MR) is 79.6 cm³/mol. The second-order valence-electron chi connectivity index (χ2n) is 5.24. The fourth-order valence-corrected chi connectivity index (χ4v) is 3.09. The number of oxazole rings is 1. The van der Waals surface area contributed by atoms with Gasteiger partial charge in [0, 0.05) is 23.1 Å². The van der Waals surface area contributed by atoms with Gasteiger partial charge < -0.3 is 4.42 Å². The van der Waals surface area contributed by atoms with Crippen LogP contribution in [0.3, 0.4) is 0 Å². The molecule has 0 fully saturated rings.